The molecule has 5 nitrogen and oxygen atoms in total. The summed E-state index contributed by atoms with van der Waals surface area (Å²) in [6, 6.07) is 6.01. The molecule has 2 N–H and O–H groups in total. The third-order valence-corrected chi connectivity index (χ3v) is 4.26. The average molecular weight is 319 g/mol. The first-order valence-electron chi connectivity index (χ1n) is 8.55. The van der Waals surface area contributed by atoms with Crippen molar-refractivity contribution in [2.24, 2.45) is 0 Å². The van der Waals surface area contributed by atoms with Crippen molar-refractivity contribution < 1.29 is 9.53 Å². The summed E-state index contributed by atoms with van der Waals surface area (Å²) >= 11 is 0. The number of ether oxygens (including phenoxy) is 1. The minimum absolute atomic E-state index is 0.0640. The Morgan fingerprint density at radius 1 is 1.26 bits per heavy atom. The van der Waals surface area contributed by atoms with Gasteiger partial charge in [-0.1, -0.05) is 6.07 Å². The molecule has 0 aliphatic carbocycles. The highest BCUT2D eigenvalue weighted by molar-refractivity contribution is 5.75. The highest BCUT2D eigenvalue weighted by Gasteiger charge is 2.08. The highest BCUT2D eigenvalue weighted by Crippen LogP contribution is 2.16. The monoisotopic (exact) mass is 319 g/mol. The molecule has 128 valence electrons. The van der Waals surface area contributed by atoms with Crippen LogP contribution >= 0.6 is 0 Å². The van der Waals surface area contributed by atoms with Gasteiger partial charge in [-0.25, -0.2) is 0 Å². The van der Waals surface area contributed by atoms with E-state index in [9.17, 15) is 4.79 Å². The largest absolute Gasteiger partial charge is 0.493 e. The van der Waals surface area contributed by atoms with Crippen LogP contribution in [-0.2, 0) is 4.79 Å². The second-order valence-corrected chi connectivity index (χ2v) is 6.14. The van der Waals surface area contributed by atoms with Crippen LogP contribution in [0.5, 0.6) is 5.75 Å². The van der Waals surface area contributed by atoms with Gasteiger partial charge in [0, 0.05) is 32.7 Å². The Kier molecular flexibility index (Phi) is 7.36. The lowest BCUT2D eigenvalue weighted by atomic mass is 10.1. The Bertz CT molecular complexity index is 499. The standard InChI is InChI=1S/C18H29N3O2/c1-15-4-5-17(14-16(15)2)23-13-6-18(22)20-7-3-10-21-11-8-19-9-12-21/h4-5,14,19H,3,6-13H2,1-2H3,(H,20,22). The van der Waals surface area contributed by atoms with E-state index in [0.29, 0.717) is 13.0 Å². The van der Waals surface area contributed by atoms with Crippen LogP contribution in [0.2, 0.25) is 0 Å². The molecule has 1 saturated heterocycles. The van der Waals surface area contributed by atoms with Gasteiger partial charge < -0.3 is 20.3 Å². The highest BCUT2D eigenvalue weighted by atomic mass is 16.5. The van der Waals surface area contributed by atoms with Gasteiger partial charge in [-0.15, -0.1) is 0 Å². The molecule has 1 fully saturated rings. The fourth-order valence-corrected chi connectivity index (χ4v) is 2.62. The van der Waals surface area contributed by atoms with Crippen molar-refractivity contribution in [2.75, 3.05) is 45.9 Å². The number of hydrogen-bond donors (Lipinski definition) is 2. The van der Waals surface area contributed by atoms with Crippen LogP contribution < -0.4 is 15.4 Å². The van der Waals surface area contributed by atoms with E-state index >= 15 is 0 Å². The number of hydrogen-bond acceptors (Lipinski definition) is 4. The molecule has 5 heteroatoms. The molecule has 1 aliphatic rings. The predicted octanol–water partition coefficient (Wildman–Crippen LogP) is 1.48. The number of nitrogens with zero attached hydrogens (tertiary/aromatic N) is 1. The number of aryl methyl sites for hydroxylation is 2. The summed E-state index contributed by atoms with van der Waals surface area (Å²) < 4.78 is 5.64. The maximum Gasteiger partial charge on any atom is 0.223 e. The summed E-state index contributed by atoms with van der Waals surface area (Å²) in [5, 5.41) is 6.31. The third-order valence-electron chi connectivity index (χ3n) is 4.26. The van der Waals surface area contributed by atoms with Crippen molar-refractivity contribution in [3.63, 3.8) is 0 Å². The van der Waals surface area contributed by atoms with Crippen LogP contribution in [0.25, 0.3) is 0 Å². The van der Waals surface area contributed by atoms with Crippen LogP contribution in [0, 0.1) is 13.8 Å². The van der Waals surface area contributed by atoms with Gasteiger partial charge in [0.25, 0.3) is 0 Å². The van der Waals surface area contributed by atoms with E-state index < -0.39 is 0 Å². The fourth-order valence-electron chi connectivity index (χ4n) is 2.62. The molecule has 1 aromatic carbocycles. The van der Waals surface area contributed by atoms with Crippen LogP contribution in [0.4, 0.5) is 0 Å². The number of carbonyl (C=O) groups is 1. The van der Waals surface area contributed by atoms with Gasteiger partial charge in [0.05, 0.1) is 13.0 Å². The number of rotatable bonds is 8. The van der Waals surface area contributed by atoms with Crippen molar-refractivity contribution in [3.8, 4) is 5.75 Å². The Labute approximate surface area is 139 Å². The quantitative estimate of drug-likeness (QED) is 0.713. The van der Waals surface area contributed by atoms with Gasteiger partial charge in [0.15, 0.2) is 0 Å². The molecule has 2 rings (SSSR count). The predicted molar refractivity (Wildman–Crippen MR) is 93.0 cm³/mol. The SMILES string of the molecule is Cc1ccc(OCCC(=O)NCCCN2CCNCC2)cc1C. The molecule has 0 atom stereocenters. The van der Waals surface area contributed by atoms with Crippen LogP contribution in [-0.4, -0.2) is 56.7 Å². The van der Waals surface area contributed by atoms with Crippen molar-refractivity contribution in [1.82, 2.24) is 15.5 Å². The number of carbonyl (C=O) groups excluding carboxylic acids is 1. The second kappa shape index (κ2) is 9.53. The summed E-state index contributed by atoms with van der Waals surface area (Å²) in [6.07, 6.45) is 1.41. The van der Waals surface area contributed by atoms with E-state index in [2.05, 4.69) is 29.4 Å². The first kappa shape index (κ1) is 17.8. The Morgan fingerprint density at radius 3 is 2.78 bits per heavy atom. The number of amides is 1. The summed E-state index contributed by atoms with van der Waals surface area (Å²) in [7, 11) is 0. The Morgan fingerprint density at radius 2 is 2.04 bits per heavy atom. The summed E-state index contributed by atoms with van der Waals surface area (Å²) in [5.74, 6) is 0.897. The van der Waals surface area contributed by atoms with E-state index in [1.807, 2.05) is 18.2 Å². The van der Waals surface area contributed by atoms with Crippen molar-refractivity contribution in [3.05, 3.63) is 29.3 Å². The van der Waals surface area contributed by atoms with Crippen LogP contribution in [0.1, 0.15) is 24.0 Å². The molecule has 1 amide bonds. The molecule has 1 aromatic rings. The van der Waals surface area contributed by atoms with E-state index in [4.69, 9.17) is 4.74 Å². The second-order valence-electron chi connectivity index (χ2n) is 6.14. The molecule has 0 aromatic heterocycles. The van der Waals surface area contributed by atoms with Gasteiger partial charge in [0.2, 0.25) is 5.91 Å². The number of piperazine rings is 1. The lowest BCUT2D eigenvalue weighted by Gasteiger charge is -2.27. The first-order chi connectivity index (χ1) is 11.1. The summed E-state index contributed by atoms with van der Waals surface area (Å²) in [6.45, 7) is 10.7. The van der Waals surface area contributed by atoms with E-state index in [1.165, 1.54) is 11.1 Å². The lowest BCUT2D eigenvalue weighted by Crippen LogP contribution is -2.44. The third kappa shape index (κ3) is 6.59. The Hall–Kier alpha value is -1.59. The topological polar surface area (TPSA) is 53.6 Å². The molecule has 23 heavy (non-hydrogen) atoms. The molecule has 0 bridgehead atoms. The molecular formula is C18H29N3O2. The molecule has 1 aliphatic heterocycles. The van der Waals surface area contributed by atoms with Gasteiger partial charge in [-0.05, 0) is 50.1 Å². The molecule has 0 saturated carbocycles. The molecule has 1 heterocycles. The zero-order valence-electron chi connectivity index (χ0n) is 14.4. The molecule has 0 unspecified atom stereocenters. The first-order valence-corrected chi connectivity index (χ1v) is 8.55. The van der Waals surface area contributed by atoms with Crippen LogP contribution in [0.15, 0.2) is 18.2 Å². The smallest absolute Gasteiger partial charge is 0.223 e. The normalized spacial score (nSPS) is 15.4. The van der Waals surface area contributed by atoms with Gasteiger partial charge in [-0.3, -0.25) is 4.79 Å². The van der Waals surface area contributed by atoms with Crippen molar-refractivity contribution in [2.45, 2.75) is 26.7 Å². The van der Waals surface area contributed by atoms with E-state index in [-0.39, 0.29) is 5.91 Å². The number of nitrogens with one attached hydrogen (secondary N) is 2. The fraction of sp³-hybridized carbons (Fsp3) is 0.611. The van der Waals surface area contributed by atoms with Gasteiger partial charge in [-0.2, -0.15) is 0 Å². The van der Waals surface area contributed by atoms with Gasteiger partial charge >= 0.3 is 0 Å². The summed E-state index contributed by atoms with van der Waals surface area (Å²) in [5.41, 5.74) is 2.46. The lowest BCUT2D eigenvalue weighted by molar-refractivity contribution is -0.121. The molecule has 0 spiro atoms. The summed E-state index contributed by atoms with van der Waals surface area (Å²) in [4.78, 5) is 14.2. The van der Waals surface area contributed by atoms with Crippen molar-refractivity contribution in [1.29, 1.82) is 0 Å². The maximum absolute atomic E-state index is 11.8. The maximum atomic E-state index is 11.8. The van der Waals surface area contributed by atoms with Gasteiger partial charge in [0.1, 0.15) is 5.75 Å². The van der Waals surface area contributed by atoms with E-state index in [1.54, 1.807) is 0 Å². The van der Waals surface area contributed by atoms with Crippen molar-refractivity contribution >= 4 is 5.91 Å². The minimum atomic E-state index is 0.0640. The average Bonchev–Trinajstić information content (AvgIpc) is 2.56. The molecular weight excluding hydrogens is 290 g/mol. The zero-order valence-corrected chi connectivity index (χ0v) is 14.4. The molecule has 0 radical (unpaired) electrons. The minimum Gasteiger partial charge on any atom is -0.493 e. The Balaban J connectivity index is 1.53. The van der Waals surface area contributed by atoms with Crippen LogP contribution in [0.3, 0.4) is 0 Å². The number of benzene rings is 1. The zero-order chi connectivity index (χ0) is 16.5. The van der Waals surface area contributed by atoms with E-state index in [0.717, 1.165) is 51.4 Å².